The minimum Gasteiger partial charge on any atom is -0.463 e. The van der Waals surface area contributed by atoms with Gasteiger partial charge in [0.15, 0.2) is 0 Å². The summed E-state index contributed by atoms with van der Waals surface area (Å²) in [5.41, 5.74) is 5.82. The molecule has 3 heteroatoms. The molecule has 0 aromatic carbocycles. The predicted octanol–water partition coefficient (Wildman–Crippen LogP) is 2.09. The number of esters is 1. The van der Waals surface area contributed by atoms with Crippen LogP contribution in [0, 0.1) is 5.41 Å². The van der Waals surface area contributed by atoms with Gasteiger partial charge in [-0.25, -0.2) is 0 Å². The number of hydrogen-bond donors (Lipinski definition) is 1. The Bertz CT molecular complexity index is 184. The van der Waals surface area contributed by atoms with Crippen molar-refractivity contribution in [2.45, 2.75) is 59.6 Å². The molecule has 0 fully saturated rings. The molecule has 2 atom stereocenters. The topological polar surface area (TPSA) is 52.3 Å². The van der Waals surface area contributed by atoms with E-state index in [1.54, 1.807) is 0 Å². The van der Waals surface area contributed by atoms with Crippen LogP contribution in [0.2, 0.25) is 0 Å². The highest BCUT2D eigenvalue weighted by Crippen LogP contribution is 2.20. The second-order valence-electron chi connectivity index (χ2n) is 4.89. The maximum absolute atomic E-state index is 11.4. The van der Waals surface area contributed by atoms with E-state index in [0.717, 1.165) is 6.42 Å². The first-order valence-corrected chi connectivity index (χ1v) is 5.22. The first-order chi connectivity index (χ1) is 6.27. The number of nitrogens with two attached hydrogens (primary N) is 1. The molecule has 0 aromatic rings. The molecule has 0 amide bonds. The van der Waals surface area contributed by atoms with Gasteiger partial charge in [-0.15, -0.1) is 0 Å². The Balaban J connectivity index is 3.95. The molecule has 0 aromatic heterocycles. The molecule has 2 unspecified atom stereocenters. The third kappa shape index (κ3) is 5.22. The molecule has 2 N–H and O–H groups in total. The van der Waals surface area contributed by atoms with E-state index in [9.17, 15) is 4.79 Å². The Kier molecular flexibility index (Phi) is 5.13. The van der Waals surface area contributed by atoms with Crippen LogP contribution in [0.15, 0.2) is 0 Å². The lowest BCUT2D eigenvalue weighted by molar-refractivity contribution is -0.149. The zero-order valence-corrected chi connectivity index (χ0v) is 9.96. The van der Waals surface area contributed by atoms with E-state index in [1.165, 1.54) is 0 Å². The van der Waals surface area contributed by atoms with Gasteiger partial charge < -0.3 is 10.5 Å². The molecule has 0 aliphatic heterocycles. The molecular formula is C11H23NO2. The van der Waals surface area contributed by atoms with E-state index in [0.29, 0.717) is 6.42 Å². The molecule has 0 radical (unpaired) electrons. The zero-order valence-electron chi connectivity index (χ0n) is 9.96. The minimum atomic E-state index is -0.193. The van der Waals surface area contributed by atoms with Crippen LogP contribution in [-0.4, -0.2) is 18.1 Å². The smallest absolute Gasteiger partial charge is 0.307 e. The van der Waals surface area contributed by atoms with Crippen molar-refractivity contribution in [1.29, 1.82) is 0 Å². The molecule has 0 aliphatic rings. The molecule has 0 spiro atoms. The lowest BCUT2D eigenvalue weighted by Gasteiger charge is -2.26. The van der Waals surface area contributed by atoms with Gasteiger partial charge in [0, 0.05) is 6.04 Å². The normalized spacial score (nSPS) is 16.1. The summed E-state index contributed by atoms with van der Waals surface area (Å²) < 4.78 is 5.15. The standard InChI is InChI=1S/C11H23NO2/c1-6-8(2)14-10(13)7-9(12)11(3,4)5/h8-9H,6-7,12H2,1-5H3. The first kappa shape index (κ1) is 13.4. The maximum atomic E-state index is 11.4. The van der Waals surface area contributed by atoms with Crippen LogP contribution in [0.25, 0.3) is 0 Å². The molecule has 0 aliphatic carbocycles. The van der Waals surface area contributed by atoms with E-state index in [-0.39, 0.29) is 23.5 Å². The van der Waals surface area contributed by atoms with Gasteiger partial charge in [-0.3, -0.25) is 4.79 Å². The minimum absolute atomic E-state index is 0.00494. The van der Waals surface area contributed by atoms with E-state index in [4.69, 9.17) is 10.5 Å². The van der Waals surface area contributed by atoms with Crippen molar-refractivity contribution < 1.29 is 9.53 Å². The lowest BCUT2D eigenvalue weighted by Crippen LogP contribution is -2.37. The van der Waals surface area contributed by atoms with Gasteiger partial charge in [0.05, 0.1) is 12.5 Å². The van der Waals surface area contributed by atoms with Crippen LogP contribution in [0.1, 0.15) is 47.5 Å². The predicted molar refractivity (Wildman–Crippen MR) is 57.9 cm³/mol. The highest BCUT2D eigenvalue weighted by atomic mass is 16.5. The average molecular weight is 201 g/mol. The average Bonchev–Trinajstić information content (AvgIpc) is 2.02. The molecule has 14 heavy (non-hydrogen) atoms. The van der Waals surface area contributed by atoms with Crippen LogP contribution < -0.4 is 5.73 Å². The number of ether oxygens (including phenoxy) is 1. The van der Waals surface area contributed by atoms with E-state index < -0.39 is 0 Å². The summed E-state index contributed by atoms with van der Waals surface area (Å²) in [5.74, 6) is -0.193. The monoisotopic (exact) mass is 201 g/mol. The highest BCUT2D eigenvalue weighted by molar-refractivity contribution is 5.70. The SMILES string of the molecule is CCC(C)OC(=O)CC(N)C(C)(C)C. The molecule has 0 rings (SSSR count). The van der Waals surface area contributed by atoms with E-state index in [1.807, 2.05) is 34.6 Å². The van der Waals surface area contributed by atoms with Gasteiger partial charge in [0.25, 0.3) is 0 Å². The van der Waals surface area contributed by atoms with Crippen molar-refractivity contribution in [3.63, 3.8) is 0 Å². The second-order valence-corrected chi connectivity index (χ2v) is 4.89. The Morgan fingerprint density at radius 2 is 1.93 bits per heavy atom. The molecular weight excluding hydrogens is 178 g/mol. The lowest BCUT2D eigenvalue weighted by atomic mass is 9.85. The van der Waals surface area contributed by atoms with Crippen molar-refractivity contribution >= 4 is 5.97 Å². The summed E-state index contributed by atoms with van der Waals surface area (Å²) in [5, 5.41) is 0. The summed E-state index contributed by atoms with van der Waals surface area (Å²) in [6.45, 7) is 9.94. The summed E-state index contributed by atoms with van der Waals surface area (Å²) in [7, 11) is 0. The van der Waals surface area contributed by atoms with Crippen LogP contribution >= 0.6 is 0 Å². The van der Waals surface area contributed by atoms with Crippen molar-refractivity contribution in [1.82, 2.24) is 0 Å². The van der Waals surface area contributed by atoms with E-state index >= 15 is 0 Å². The maximum Gasteiger partial charge on any atom is 0.307 e. The molecule has 0 saturated carbocycles. The molecule has 84 valence electrons. The second kappa shape index (κ2) is 5.35. The summed E-state index contributed by atoms with van der Waals surface area (Å²) >= 11 is 0. The summed E-state index contributed by atoms with van der Waals surface area (Å²) in [4.78, 5) is 11.4. The Labute approximate surface area is 87.0 Å². The van der Waals surface area contributed by atoms with Gasteiger partial charge in [-0.2, -0.15) is 0 Å². The van der Waals surface area contributed by atoms with E-state index in [2.05, 4.69) is 0 Å². The highest BCUT2D eigenvalue weighted by Gasteiger charge is 2.24. The van der Waals surface area contributed by atoms with Crippen LogP contribution in [-0.2, 0) is 9.53 Å². The van der Waals surface area contributed by atoms with Gasteiger partial charge in [-0.05, 0) is 18.8 Å². The van der Waals surface area contributed by atoms with Gasteiger partial charge in [-0.1, -0.05) is 27.7 Å². The molecule has 3 nitrogen and oxygen atoms in total. The van der Waals surface area contributed by atoms with Crippen molar-refractivity contribution in [3.8, 4) is 0 Å². The Hall–Kier alpha value is -0.570. The number of carbonyl (C=O) groups is 1. The van der Waals surface area contributed by atoms with Crippen LogP contribution in [0.4, 0.5) is 0 Å². The number of carbonyl (C=O) groups excluding carboxylic acids is 1. The molecule has 0 saturated heterocycles. The molecule has 0 bridgehead atoms. The fourth-order valence-corrected chi connectivity index (χ4v) is 0.842. The summed E-state index contributed by atoms with van der Waals surface area (Å²) in [6, 6.07) is -0.140. The van der Waals surface area contributed by atoms with Crippen LogP contribution in [0.5, 0.6) is 0 Å². The van der Waals surface area contributed by atoms with Crippen molar-refractivity contribution in [2.24, 2.45) is 11.1 Å². The Morgan fingerprint density at radius 3 is 2.29 bits per heavy atom. The fraction of sp³-hybridized carbons (Fsp3) is 0.909. The number of rotatable bonds is 4. The van der Waals surface area contributed by atoms with Gasteiger partial charge >= 0.3 is 5.97 Å². The third-order valence-corrected chi connectivity index (χ3v) is 2.41. The zero-order chi connectivity index (χ0) is 11.4. The van der Waals surface area contributed by atoms with Gasteiger partial charge in [0.2, 0.25) is 0 Å². The number of hydrogen-bond acceptors (Lipinski definition) is 3. The fourth-order valence-electron chi connectivity index (χ4n) is 0.842. The summed E-state index contributed by atoms with van der Waals surface area (Å²) in [6.07, 6.45) is 1.14. The first-order valence-electron chi connectivity index (χ1n) is 5.22. The van der Waals surface area contributed by atoms with Crippen LogP contribution in [0.3, 0.4) is 0 Å². The van der Waals surface area contributed by atoms with Crippen molar-refractivity contribution in [3.05, 3.63) is 0 Å². The third-order valence-electron chi connectivity index (χ3n) is 2.41. The van der Waals surface area contributed by atoms with Gasteiger partial charge in [0.1, 0.15) is 0 Å². The largest absolute Gasteiger partial charge is 0.463 e. The van der Waals surface area contributed by atoms with Crippen molar-refractivity contribution in [2.75, 3.05) is 0 Å². The molecule has 0 heterocycles. The Morgan fingerprint density at radius 1 is 1.43 bits per heavy atom. The quantitative estimate of drug-likeness (QED) is 0.709.